The number of hydrogen-bond acceptors (Lipinski definition) is 4. The molecule has 1 amide bonds. The monoisotopic (exact) mass is 332 g/mol. The first kappa shape index (κ1) is 17.1. The van der Waals surface area contributed by atoms with Crippen molar-refractivity contribution in [1.29, 1.82) is 0 Å². The Balaban J connectivity index is 2.07. The summed E-state index contributed by atoms with van der Waals surface area (Å²) in [6.45, 7) is 3.13. The number of carbonyl (C=O) groups excluding carboxylic acids is 1. The number of nitrogens with zero attached hydrogens (tertiary/aromatic N) is 2. The Hall–Kier alpha value is -2.21. The lowest BCUT2D eigenvalue weighted by Gasteiger charge is -2.21. The van der Waals surface area contributed by atoms with Crippen LogP contribution in [0.3, 0.4) is 0 Å². The van der Waals surface area contributed by atoms with Crippen molar-refractivity contribution < 1.29 is 13.2 Å². The van der Waals surface area contributed by atoms with Crippen LogP contribution in [0, 0.1) is 0 Å². The van der Waals surface area contributed by atoms with E-state index in [2.05, 4.69) is 4.98 Å². The largest absolute Gasteiger partial charge is 0.339 e. The molecule has 0 radical (unpaired) electrons. The summed E-state index contributed by atoms with van der Waals surface area (Å²) in [6, 6.07) is 9.93. The second kappa shape index (κ2) is 7.37. The molecule has 0 bridgehead atoms. The van der Waals surface area contributed by atoms with Gasteiger partial charge in [-0.2, -0.15) is 0 Å². The number of amides is 1. The number of benzene rings is 1. The first-order valence-corrected chi connectivity index (χ1v) is 9.29. The van der Waals surface area contributed by atoms with E-state index in [1.807, 2.05) is 19.1 Å². The Morgan fingerprint density at radius 3 is 2.22 bits per heavy atom. The van der Waals surface area contributed by atoms with E-state index >= 15 is 0 Å². The molecule has 5 nitrogen and oxygen atoms in total. The number of carbonyl (C=O) groups is 1. The molecule has 1 aromatic carbocycles. The lowest BCUT2D eigenvalue weighted by molar-refractivity contribution is 0.0766. The van der Waals surface area contributed by atoms with Gasteiger partial charge in [0.15, 0.2) is 9.84 Å². The van der Waals surface area contributed by atoms with Crippen LogP contribution in [0.15, 0.2) is 53.7 Å². The van der Waals surface area contributed by atoms with Gasteiger partial charge in [0.25, 0.3) is 5.91 Å². The minimum atomic E-state index is -3.25. The molecule has 2 rings (SSSR count). The molecule has 0 aliphatic rings. The van der Waals surface area contributed by atoms with Crippen LogP contribution in [0.1, 0.15) is 22.8 Å². The SMILES string of the molecule is CCN(CCc1ccncc1)C(=O)c1ccc(S(C)(=O)=O)cc1. The van der Waals surface area contributed by atoms with Crippen molar-refractivity contribution in [3.05, 3.63) is 59.9 Å². The molecule has 0 atom stereocenters. The molecule has 2 aromatic rings. The van der Waals surface area contributed by atoms with Crippen molar-refractivity contribution in [3.63, 3.8) is 0 Å². The highest BCUT2D eigenvalue weighted by Gasteiger charge is 2.15. The van der Waals surface area contributed by atoms with Gasteiger partial charge >= 0.3 is 0 Å². The highest BCUT2D eigenvalue weighted by molar-refractivity contribution is 7.90. The van der Waals surface area contributed by atoms with Gasteiger partial charge in [-0.3, -0.25) is 9.78 Å². The Morgan fingerprint density at radius 1 is 1.09 bits per heavy atom. The van der Waals surface area contributed by atoms with Crippen LogP contribution in [0.4, 0.5) is 0 Å². The maximum atomic E-state index is 12.5. The predicted octanol–water partition coefficient (Wildman–Crippen LogP) is 2.19. The van der Waals surface area contributed by atoms with Crippen molar-refractivity contribution >= 4 is 15.7 Å². The maximum absolute atomic E-state index is 12.5. The van der Waals surface area contributed by atoms with Crippen molar-refractivity contribution in [2.75, 3.05) is 19.3 Å². The third kappa shape index (κ3) is 4.63. The van der Waals surface area contributed by atoms with Gasteiger partial charge in [0, 0.05) is 37.3 Å². The Kier molecular flexibility index (Phi) is 5.50. The first-order valence-electron chi connectivity index (χ1n) is 7.40. The van der Waals surface area contributed by atoms with Crippen LogP contribution in [-0.2, 0) is 16.3 Å². The summed E-state index contributed by atoms with van der Waals surface area (Å²) in [5.41, 5.74) is 1.62. The molecule has 0 N–H and O–H groups in total. The van der Waals surface area contributed by atoms with Crippen molar-refractivity contribution in [3.8, 4) is 0 Å². The maximum Gasteiger partial charge on any atom is 0.253 e. The van der Waals surface area contributed by atoms with Crippen LogP contribution in [-0.4, -0.2) is 43.6 Å². The summed E-state index contributed by atoms with van der Waals surface area (Å²) in [6.07, 6.45) is 5.37. The van der Waals surface area contributed by atoms with Crippen molar-refractivity contribution in [2.45, 2.75) is 18.2 Å². The van der Waals surface area contributed by atoms with E-state index in [1.54, 1.807) is 29.4 Å². The third-order valence-corrected chi connectivity index (χ3v) is 4.75. The minimum Gasteiger partial charge on any atom is -0.339 e. The molecule has 122 valence electrons. The van der Waals surface area contributed by atoms with Crippen LogP contribution in [0.5, 0.6) is 0 Å². The zero-order valence-electron chi connectivity index (χ0n) is 13.3. The molecular formula is C17H20N2O3S. The van der Waals surface area contributed by atoms with E-state index in [0.717, 1.165) is 18.2 Å². The second-order valence-corrected chi connectivity index (χ2v) is 7.30. The van der Waals surface area contributed by atoms with Crippen LogP contribution in [0.25, 0.3) is 0 Å². The topological polar surface area (TPSA) is 67.3 Å². The number of hydrogen-bond donors (Lipinski definition) is 0. The van der Waals surface area contributed by atoms with Gasteiger partial charge in [-0.25, -0.2) is 8.42 Å². The summed E-state index contributed by atoms with van der Waals surface area (Å²) in [5.74, 6) is -0.0957. The minimum absolute atomic E-state index is 0.0957. The molecule has 0 saturated heterocycles. The first-order chi connectivity index (χ1) is 10.9. The van der Waals surface area contributed by atoms with Crippen molar-refractivity contribution in [1.82, 2.24) is 9.88 Å². The van der Waals surface area contributed by atoms with E-state index in [4.69, 9.17) is 0 Å². The predicted molar refractivity (Wildman–Crippen MR) is 89.1 cm³/mol. The molecule has 0 aliphatic heterocycles. The number of likely N-dealkylation sites (N-methyl/N-ethyl adjacent to an activating group) is 1. The number of pyridine rings is 1. The summed E-state index contributed by atoms with van der Waals surface area (Å²) in [4.78, 5) is 18.5. The highest BCUT2D eigenvalue weighted by Crippen LogP contribution is 2.12. The van der Waals surface area contributed by atoms with E-state index in [1.165, 1.54) is 12.1 Å². The van der Waals surface area contributed by atoms with Gasteiger partial charge < -0.3 is 4.90 Å². The van der Waals surface area contributed by atoms with E-state index in [-0.39, 0.29) is 10.8 Å². The fourth-order valence-electron chi connectivity index (χ4n) is 2.24. The van der Waals surface area contributed by atoms with Crippen LogP contribution < -0.4 is 0 Å². The summed E-state index contributed by atoms with van der Waals surface area (Å²) < 4.78 is 22.9. The summed E-state index contributed by atoms with van der Waals surface area (Å²) in [7, 11) is -3.25. The van der Waals surface area contributed by atoms with Gasteiger partial charge in [-0.15, -0.1) is 0 Å². The fourth-order valence-corrected chi connectivity index (χ4v) is 2.87. The molecule has 0 saturated carbocycles. The summed E-state index contributed by atoms with van der Waals surface area (Å²) in [5, 5.41) is 0. The molecular weight excluding hydrogens is 312 g/mol. The zero-order chi connectivity index (χ0) is 16.9. The van der Waals surface area contributed by atoms with Gasteiger partial charge in [0.05, 0.1) is 4.90 Å². The molecule has 0 unspecified atom stereocenters. The van der Waals surface area contributed by atoms with Gasteiger partial charge in [0.2, 0.25) is 0 Å². The number of rotatable bonds is 6. The van der Waals surface area contributed by atoms with Crippen LogP contribution in [0.2, 0.25) is 0 Å². The summed E-state index contributed by atoms with van der Waals surface area (Å²) >= 11 is 0. The van der Waals surface area contributed by atoms with E-state index < -0.39 is 9.84 Å². The standard InChI is InChI=1S/C17H20N2O3S/c1-3-19(13-10-14-8-11-18-12-9-14)17(20)15-4-6-16(7-5-15)23(2,21)22/h4-9,11-12H,3,10,13H2,1-2H3. The average Bonchev–Trinajstić information content (AvgIpc) is 2.55. The molecule has 0 fully saturated rings. The number of aromatic nitrogens is 1. The fraction of sp³-hybridized carbons (Fsp3) is 0.294. The van der Waals surface area contributed by atoms with Gasteiger partial charge in [0.1, 0.15) is 0 Å². The smallest absolute Gasteiger partial charge is 0.253 e. The van der Waals surface area contributed by atoms with E-state index in [0.29, 0.717) is 18.7 Å². The normalized spacial score (nSPS) is 11.2. The van der Waals surface area contributed by atoms with E-state index in [9.17, 15) is 13.2 Å². The molecule has 1 aromatic heterocycles. The lowest BCUT2D eigenvalue weighted by atomic mass is 10.1. The molecule has 6 heteroatoms. The highest BCUT2D eigenvalue weighted by atomic mass is 32.2. The lowest BCUT2D eigenvalue weighted by Crippen LogP contribution is -2.32. The molecule has 1 heterocycles. The van der Waals surface area contributed by atoms with Crippen molar-refractivity contribution in [2.24, 2.45) is 0 Å². The molecule has 23 heavy (non-hydrogen) atoms. The molecule has 0 spiro atoms. The Morgan fingerprint density at radius 2 is 1.70 bits per heavy atom. The van der Waals surface area contributed by atoms with Gasteiger partial charge in [-0.05, 0) is 55.3 Å². The van der Waals surface area contributed by atoms with Gasteiger partial charge in [-0.1, -0.05) is 0 Å². The zero-order valence-corrected chi connectivity index (χ0v) is 14.1. The molecule has 0 aliphatic carbocycles. The Labute approximate surface area is 136 Å². The Bertz CT molecular complexity index is 756. The second-order valence-electron chi connectivity index (χ2n) is 5.29. The third-order valence-electron chi connectivity index (χ3n) is 3.62. The number of sulfone groups is 1. The quantitative estimate of drug-likeness (QED) is 0.813. The van der Waals surface area contributed by atoms with Crippen LogP contribution >= 0.6 is 0 Å². The average molecular weight is 332 g/mol.